The smallest absolute Gasteiger partial charge is 0.243 e. The minimum Gasteiger partial charge on any atom is -0.494 e. The minimum absolute atomic E-state index is 0.0257. The summed E-state index contributed by atoms with van der Waals surface area (Å²) in [6, 6.07) is 17.9. The number of carbonyl (C=O) groups is 3. The second-order valence-corrected chi connectivity index (χ2v) is 10.1. The Morgan fingerprint density at radius 2 is 1.73 bits per heavy atom. The molecule has 0 spiro atoms. The molecule has 216 valence electrons. The molecule has 3 aromatic rings. The fourth-order valence-electron chi connectivity index (χ4n) is 4.68. The standard InChI is InChI=1S/C32H35F2N3O4/c33-25-15-11-22(12-16-25)13-17-29-32(40)37-28(31(39)35-21-24-7-1-2-9-27(24)34)10-3-4-19-41-26-8-5-6-23(20-26)14-18-30(38)36-29/h1-2,5-9,11-12,15-16,20,28-29H,3-4,10,13-14,17-19,21H2,(H,35,39)(H,36,38)(H,37,40)/t28-,29-/m0/s1. The average molecular weight is 564 g/mol. The Morgan fingerprint density at radius 3 is 2.54 bits per heavy atom. The summed E-state index contributed by atoms with van der Waals surface area (Å²) in [5.41, 5.74) is 2.10. The monoisotopic (exact) mass is 563 g/mol. The van der Waals surface area contributed by atoms with Crippen LogP contribution in [0, 0.1) is 11.6 Å². The van der Waals surface area contributed by atoms with Crippen molar-refractivity contribution < 1.29 is 27.9 Å². The molecule has 1 aliphatic rings. The molecule has 0 saturated carbocycles. The van der Waals surface area contributed by atoms with Gasteiger partial charge in [-0.2, -0.15) is 0 Å². The van der Waals surface area contributed by atoms with Crippen molar-refractivity contribution in [1.29, 1.82) is 0 Å². The molecular formula is C32H35F2N3O4. The molecule has 1 aliphatic heterocycles. The zero-order valence-electron chi connectivity index (χ0n) is 22.8. The Labute approximate surface area is 238 Å². The molecule has 0 radical (unpaired) electrons. The number of rotatable bonds is 6. The number of hydrogen-bond donors (Lipinski definition) is 3. The summed E-state index contributed by atoms with van der Waals surface area (Å²) in [4.78, 5) is 39.5. The summed E-state index contributed by atoms with van der Waals surface area (Å²) in [5, 5.41) is 8.36. The molecule has 2 bridgehead atoms. The van der Waals surface area contributed by atoms with Gasteiger partial charge in [-0.25, -0.2) is 8.78 Å². The summed E-state index contributed by atoms with van der Waals surface area (Å²) in [6.07, 6.45) is 2.88. The highest BCUT2D eigenvalue weighted by molar-refractivity contribution is 5.92. The van der Waals surface area contributed by atoms with Crippen LogP contribution in [0.4, 0.5) is 8.78 Å². The molecule has 1 heterocycles. The Balaban J connectivity index is 1.50. The van der Waals surface area contributed by atoms with E-state index >= 15 is 0 Å². The Kier molecular flexibility index (Phi) is 10.8. The van der Waals surface area contributed by atoms with Gasteiger partial charge >= 0.3 is 0 Å². The Bertz CT molecular complexity index is 1330. The zero-order valence-corrected chi connectivity index (χ0v) is 22.8. The molecule has 3 aromatic carbocycles. The predicted octanol–water partition coefficient (Wildman–Crippen LogP) is 4.38. The topological polar surface area (TPSA) is 96.5 Å². The van der Waals surface area contributed by atoms with E-state index in [1.807, 2.05) is 24.3 Å². The van der Waals surface area contributed by atoms with E-state index in [4.69, 9.17) is 4.74 Å². The van der Waals surface area contributed by atoms with E-state index in [-0.39, 0.29) is 31.1 Å². The van der Waals surface area contributed by atoms with Crippen LogP contribution in [0.1, 0.15) is 48.8 Å². The van der Waals surface area contributed by atoms with Crippen LogP contribution in [-0.2, 0) is 33.8 Å². The summed E-state index contributed by atoms with van der Waals surface area (Å²) in [5.74, 6) is -1.32. The van der Waals surface area contributed by atoms with Crippen molar-refractivity contribution in [2.45, 2.75) is 63.6 Å². The van der Waals surface area contributed by atoms with E-state index in [1.54, 1.807) is 30.3 Å². The fraction of sp³-hybridized carbons (Fsp3) is 0.344. The summed E-state index contributed by atoms with van der Waals surface area (Å²) >= 11 is 0. The first-order valence-electron chi connectivity index (χ1n) is 13.9. The Hall–Kier alpha value is -4.27. The average Bonchev–Trinajstić information content (AvgIpc) is 2.97. The van der Waals surface area contributed by atoms with Crippen molar-refractivity contribution in [1.82, 2.24) is 16.0 Å². The van der Waals surface area contributed by atoms with E-state index in [2.05, 4.69) is 16.0 Å². The first kappa shape index (κ1) is 29.7. The number of fused-ring (bicyclic) bond motifs is 2. The number of amides is 3. The van der Waals surface area contributed by atoms with Gasteiger partial charge in [0.05, 0.1) is 6.61 Å². The van der Waals surface area contributed by atoms with Crippen LogP contribution >= 0.6 is 0 Å². The molecule has 0 aliphatic carbocycles. The van der Waals surface area contributed by atoms with Crippen LogP contribution in [0.15, 0.2) is 72.8 Å². The molecule has 3 amide bonds. The molecule has 4 rings (SSSR count). The molecule has 9 heteroatoms. The largest absolute Gasteiger partial charge is 0.494 e. The molecule has 7 nitrogen and oxygen atoms in total. The van der Waals surface area contributed by atoms with Crippen molar-refractivity contribution in [3.05, 3.63) is 101 Å². The predicted molar refractivity (Wildman–Crippen MR) is 151 cm³/mol. The molecule has 0 unspecified atom stereocenters. The number of aryl methyl sites for hydroxylation is 2. The van der Waals surface area contributed by atoms with E-state index in [0.717, 1.165) is 11.1 Å². The molecule has 41 heavy (non-hydrogen) atoms. The van der Waals surface area contributed by atoms with E-state index in [9.17, 15) is 23.2 Å². The highest BCUT2D eigenvalue weighted by Crippen LogP contribution is 2.17. The second kappa shape index (κ2) is 14.9. The van der Waals surface area contributed by atoms with Crippen molar-refractivity contribution in [3.63, 3.8) is 0 Å². The van der Waals surface area contributed by atoms with E-state index < -0.39 is 29.7 Å². The lowest BCUT2D eigenvalue weighted by atomic mass is 10.0. The van der Waals surface area contributed by atoms with Gasteiger partial charge in [0.1, 0.15) is 29.5 Å². The van der Waals surface area contributed by atoms with Gasteiger partial charge in [-0.1, -0.05) is 42.5 Å². The molecule has 0 aromatic heterocycles. The van der Waals surface area contributed by atoms with Crippen LogP contribution in [0.5, 0.6) is 5.75 Å². The maximum atomic E-state index is 14.1. The number of benzene rings is 3. The first-order valence-corrected chi connectivity index (χ1v) is 13.9. The van der Waals surface area contributed by atoms with Crippen LogP contribution in [0.25, 0.3) is 0 Å². The number of halogens is 2. The first-order chi connectivity index (χ1) is 19.9. The maximum Gasteiger partial charge on any atom is 0.243 e. The highest BCUT2D eigenvalue weighted by Gasteiger charge is 2.27. The number of ether oxygens (including phenoxy) is 1. The molecule has 0 saturated heterocycles. The minimum atomic E-state index is -0.906. The summed E-state index contributed by atoms with van der Waals surface area (Å²) < 4.78 is 33.3. The molecule has 2 atom stereocenters. The van der Waals surface area contributed by atoms with Crippen molar-refractivity contribution >= 4 is 17.7 Å². The third-order valence-corrected chi connectivity index (χ3v) is 7.03. The molecule has 3 N–H and O–H groups in total. The van der Waals surface area contributed by atoms with Gasteiger partial charge < -0.3 is 20.7 Å². The van der Waals surface area contributed by atoms with Crippen molar-refractivity contribution in [3.8, 4) is 5.75 Å². The maximum absolute atomic E-state index is 14.1. The summed E-state index contributed by atoms with van der Waals surface area (Å²) in [7, 11) is 0. The molecule has 0 fully saturated rings. The van der Waals surface area contributed by atoms with Crippen LogP contribution in [0.2, 0.25) is 0 Å². The third kappa shape index (κ3) is 9.41. The van der Waals surface area contributed by atoms with Gasteiger partial charge in [-0.3, -0.25) is 14.4 Å². The van der Waals surface area contributed by atoms with Crippen molar-refractivity contribution in [2.75, 3.05) is 6.61 Å². The number of hydrogen-bond acceptors (Lipinski definition) is 4. The lowest BCUT2D eigenvalue weighted by Gasteiger charge is -2.24. The van der Waals surface area contributed by atoms with E-state index in [0.29, 0.717) is 50.0 Å². The van der Waals surface area contributed by atoms with E-state index in [1.165, 1.54) is 18.2 Å². The Morgan fingerprint density at radius 1 is 0.927 bits per heavy atom. The van der Waals surface area contributed by atoms with Crippen LogP contribution in [-0.4, -0.2) is 36.4 Å². The lowest BCUT2D eigenvalue weighted by molar-refractivity contribution is -0.132. The number of nitrogens with one attached hydrogen (secondary N) is 3. The van der Waals surface area contributed by atoms with Gasteiger partial charge in [0.2, 0.25) is 17.7 Å². The van der Waals surface area contributed by atoms with Crippen LogP contribution in [0.3, 0.4) is 0 Å². The normalized spacial score (nSPS) is 18.5. The van der Waals surface area contributed by atoms with Gasteiger partial charge in [-0.05, 0) is 80.0 Å². The van der Waals surface area contributed by atoms with Gasteiger partial charge in [-0.15, -0.1) is 0 Å². The zero-order chi connectivity index (χ0) is 29.0. The van der Waals surface area contributed by atoms with Gasteiger partial charge in [0, 0.05) is 18.5 Å². The SMILES string of the molecule is O=C1CCc2cccc(c2)OCCCC[C@@H](C(=O)NCc2ccccc2F)NC(=O)[C@H](CCc2ccc(F)cc2)N1. The quantitative estimate of drug-likeness (QED) is 0.415. The van der Waals surface area contributed by atoms with Gasteiger partial charge in [0.15, 0.2) is 0 Å². The number of carbonyl (C=O) groups excluding carboxylic acids is 3. The van der Waals surface area contributed by atoms with Gasteiger partial charge in [0.25, 0.3) is 0 Å². The van der Waals surface area contributed by atoms with Crippen LogP contribution < -0.4 is 20.7 Å². The fourth-order valence-corrected chi connectivity index (χ4v) is 4.68. The van der Waals surface area contributed by atoms with Crippen molar-refractivity contribution in [2.24, 2.45) is 0 Å². The third-order valence-electron chi connectivity index (χ3n) is 7.03. The summed E-state index contributed by atoms with van der Waals surface area (Å²) in [6.45, 7) is 0.407. The second-order valence-electron chi connectivity index (χ2n) is 10.1. The highest BCUT2D eigenvalue weighted by atomic mass is 19.1. The molecular weight excluding hydrogens is 528 g/mol. The lowest BCUT2D eigenvalue weighted by Crippen LogP contribution is -2.53.